The summed E-state index contributed by atoms with van der Waals surface area (Å²) in [6.45, 7) is 3.78. The predicted molar refractivity (Wildman–Crippen MR) is 49.7 cm³/mol. The Hall–Kier alpha value is -1.78. The summed E-state index contributed by atoms with van der Waals surface area (Å²) >= 11 is 0. The Kier molecular flexibility index (Phi) is 3.28. The van der Waals surface area contributed by atoms with Gasteiger partial charge in [0.2, 0.25) is 0 Å². The lowest BCUT2D eigenvalue weighted by atomic mass is 10.2. The molecular weight excluding hydrogens is 182 g/mol. The fraction of sp³-hybridized carbons (Fsp3) is 0.333. The third-order valence-corrected chi connectivity index (χ3v) is 1.69. The predicted octanol–water partition coefficient (Wildman–Crippen LogP) is 2.23. The molecule has 14 heavy (non-hydrogen) atoms. The molecule has 0 aliphatic rings. The highest BCUT2D eigenvalue weighted by Gasteiger charge is 2.09. The van der Waals surface area contributed by atoms with E-state index in [2.05, 4.69) is 10.1 Å². The quantitative estimate of drug-likeness (QED) is 0.590. The summed E-state index contributed by atoms with van der Waals surface area (Å²) in [5, 5.41) is 3.25. The van der Waals surface area contributed by atoms with Crippen LogP contribution in [-0.2, 0) is 4.74 Å². The van der Waals surface area contributed by atoms with E-state index >= 15 is 0 Å². The molecular formula is C9H11N3O2. The van der Waals surface area contributed by atoms with Crippen molar-refractivity contribution in [3.8, 4) is 0 Å². The number of aryl methyl sites for hydroxylation is 1. The summed E-state index contributed by atoms with van der Waals surface area (Å²) in [6, 6.07) is 1.49. The summed E-state index contributed by atoms with van der Waals surface area (Å²) in [7, 11) is 0. The molecule has 1 rings (SSSR count). The van der Waals surface area contributed by atoms with Crippen molar-refractivity contribution >= 4 is 11.7 Å². The number of aromatic nitrogens is 1. The Bertz CT molecular complexity index is 363. The highest BCUT2D eigenvalue weighted by atomic mass is 16.5. The van der Waals surface area contributed by atoms with Gasteiger partial charge in [-0.1, -0.05) is 0 Å². The first-order valence-electron chi connectivity index (χ1n) is 4.20. The fourth-order valence-corrected chi connectivity index (χ4v) is 0.961. The summed E-state index contributed by atoms with van der Waals surface area (Å²) in [4.78, 5) is 15.2. The van der Waals surface area contributed by atoms with Crippen LogP contribution in [0.3, 0.4) is 0 Å². The third-order valence-electron chi connectivity index (χ3n) is 1.69. The highest BCUT2D eigenvalue weighted by Crippen LogP contribution is 2.17. The molecule has 0 unspecified atom stereocenters. The number of hydrogen-bond acceptors (Lipinski definition) is 5. The van der Waals surface area contributed by atoms with Gasteiger partial charge in [0.25, 0.3) is 0 Å². The number of nitrogens with one attached hydrogen (secondary N) is 1. The summed E-state index contributed by atoms with van der Waals surface area (Å²) in [6.07, 6.45) is 1.42. The number of carbonyl (C=O) groups excluding carboxylic acids is 1. The van der Waals surface area contributed by atoms with Crippen LogP contribution in [0.15, 0.2) is 17.4 Å². The smallest absolute Gasteiger partial charge is 0.339 e. The maximum Gasteiger partial charge on any atom is 0.339 e. The molecule has 0 aromatic carbocycles. The Morgan fingerprint density at radius 3 is 3.00 bits per heavy atom. The minimum atomic E-state index is -0.440. The zero-order chi connectivity index (χ0) is 10.6. The van der Waals surface area contributed by atoms with Gasteiger partial charge in [-0.15, -0.1) is 0 Å². The van der Waals surface area contributed by atoms with Gasteiger partial charge in [-0.25, -0.2) is 10.3 Å². The molecule has 5 nitrogen and oxygen atoms in total. The number of hydrogen-bond donors (Lipinski definition) is 1. The monoisotopic (exact) mass is 193 g/mol. The van der Waals surface area contributed by atoms with Crippen LogP contribution in [0.1, 0.15) is 23.0 Å². The van der Waals surface area contributed by atoms with Crippen LogP contribution in [0, 0.1) is 12.5 Å². The molecule has 0 aliphatic carbocycles. The van der Waals surface area contributed by atoms with Crippen LogP contribution in [0.25, 0.3) is 0 Å². The van der Waals surface area contributed by atoms with Gasteiger partial charge >= 0.3 is 5.97 Å². The molecule has 1 aromatic heterocycles. The lowest BCUT2D eigenvalue weighted by molar-refractivity contribution is 0.0526. The average molecular weight is 193 g/mol. The van der Waals surface area contributed by atoms with Crippen LogP contribution < -0.4 is 0 Å². The van der Waals surface area contributed by atoms with Crippen molar-refractivity contribution in [1.82, 2.24) is 4.98 Å². The van der Waals surface area contributed by atoms with Crippen molar-refractivity contribution < 1.29 is 9.53 Å². The number of nitrogens with zero attached hydrogens (tertiary/aromatic N) is 2. The molecule has 74 valence electrons. The minimum absolute atomic E-state index is 0.320. The van der Waals surface area contributed by atoms with E-state index in [0.717, 1.165) is 0 Å². The number of ether oxygens (including phenoxy) is 1. The van der Waals surface area contributed by atoms with Crippen molar-refractivity contribution in [2.24, 2.45) is 5.11 Å². The van der Waals surface area contributed by atoms with E-state index in [4.69, 9.17) is 10.3 Å². The zero-order valence-corrected chi connectivity index (χ0v) is 8.07. The molecule has 5 heteroatoms. The SMILES string of the molecule is CCOC(=O)c1cnc(C)c(N=N)c1. The second kappa shape index (κ2) is 4.45. The maximum absolute atomic E-state index is 11.3. The molecule has 0 atom stereocenters. The van der Waals surface area contributed by atoms with Crippen molar-refractivity contribution in [1.29, 1.82) is 5.53 Å². The maximum atomic E-state index is 11.3. The summed E-state index contributed by atoms with van der Waals surface area (Å²) in [5.41, 5.74) is 8.18. The van der Waals surface area contributed by atoms with E-state index in [9.17, 15) is 4.79 Å². The first kappa shape index (κ1) is 10.3. The zero-order valence-electron chi connectivity index (χ0n) is 8.07. The molecule has 0 fully saturated rings. The van der Waals surface area contributed by atoms with Crippen LogP contribution in [0.4, 0.5) is 5.69 Å². The van der Waals surface area contributed by atoms with Crippen molar-refractivity contribution in [2.45, 2.75) is 13.8 Å². The van der Waals surface area contributed by atoms with E-state index in [0.29, 0.717) is 23.6 Å². The largest absolute Gasteiger partial charge is 0.462 e. The van der Waals surface area contributed by atoms with Gasteiger partial charge in [0, 0.05) is 6.20 Å². The summed E-state index contributed by atoms with van der Waals surface area (Å²) < 4.78 is 4.79. The van der Waals surface area contributed by atoms with E-state index < -0.39 is 5.97 Å². The van der Waals surface area contributed by atoms with Crippen LogP contribution in [0.2, 0.25) is 0 Å². The Balaban J connectivity index is 3.00. The lowest BCUT2D eigenvalue weighted by Gasteiger charge is -2.02. The van der Waals surface area contributed by atoms with Gasteiger partial charge in [0.15, 0.2) is 0 Å². The molecule has 0 spiro atoms. The molecule has 0 saturated heterocycles. The summed E-state index contributed by atoms with van der Waals surface area (Å²) in [5.74, 6) is -0.440. The van der Waals surface area contributed by atoms with Gasteiger partial charge < -0.3 is 4.74 Å². The normalized spacial score (nSPS) is 9.57. The molecule has 0 saturated carbocycles. The van der Waals surface area contributed by atoms with Crippen molar-refractivity contribution in [3.63, 3.8) is 0 Å². The van der Waals surface area contributed by atoms with Crippen LogP contribution in [-0.4, -0.2) is 17.6 Å². The highest BCUT2D eigenvalue weighted by molar-refractivity contribution is 5.90. The lowest BCUT2D eigenvalue weighted by Crippen LogP contribution is -2.05. The Morgan fingerprint density at radius 1 is 1.71 bits per heavy atom. The third kappa shape index (κ3) is 2.12. The standard InChI is InChI=1S/C9H11N3O2/c1-3-14-9(13)7-4-8(12-10)6(2)11-5-7/h4-5,10H,3H2,1-2H3. The molecule has 1 heterocycles. The van der Waals surface area contributed by atoms with E-state index in [1.54, 1.807) is 13.8 Å². The van der Waals surface area contributed by atoms with Gasteiger partial charge in [0.05, 0.1) is 17.9 Å². The fourth-order valence-electron chi connectivity index (χ4n) is 0.961. The van der Waals surface area contributed by atoms with E-state index in [-0.39, 0.29) is 0 Å². The van der Waals surface area contributed by atoms with E-state index in [1.165, 1.54) is 12.3 Å². The number of rotatable bonds is 3. The average Bonchev–Trinajstić information content (AvgIpc) is 2.19. The van der Waals surface area contributed by atoms with Crippen LogP contribution >= 0.6 is 0 Å². The second-order valence-corrected chi connectivity index (χ2v) is 2.66. The number of pyridine rings is 1. The van der Waals surface area contributed by atoms with Crippen molar-refractivity contribution in [2.75, 3.05) is 6.61 Å². The van der Waals surface area contributed by atoms with Crippen molar-refractivity contribution in [3.05, 3.63) is 23.5 Å². The van der Waals surface area contributed by atoms with Gasteiger partial charge in [-0.3, -0.25) is 4.98 Å². The number of esters is 1. The van der Waals surface area contributed by atoms with Gasteiger partial charge in [-0.2, -0.15) is 5.11 Å². The molecule has 0 bridgehead atoms. The molecule has 0 amide bonds. The van der Waals surface area contributed by atoms with Gasteiger partial charge in [0.1, 0.15) is 5.69 Å². The van der Waals surface area contributed by atoms with E-state index in [1.807, 2.05) is 0 Å². The van der Waals surface area contributed by atoms with Gasteiger partial charge in [-0.05, 0) is 19.9 Å². The molecule has 0 radical (unpaired) electrons. The molecule has 1 N–H and O–H groups in total. The first-order chi connectivity index (χ1) is 6.69. The Labute approximate surface area is 81.6 Å². The molecule has 0 aliphatic heterocycles. The topological polar surface area (TPSA) is 75.4 Å². The molecule has 1 aromatic rings. The number of carbonyl (C=O) groups is 1. The Morgan fingerprint density at radius 2 is 2.43 bits per heavy atom. The second-order valence-electron chi connectivity index (χ2n) is 2.66. The first-order valence-corrected chi connectivity index (χ1v) is 4.20. The minimum Gasteiger partial charge on any atom is -0.462 e. The van der Waals surface area contributed by atoms with Crippen LogP contribution in [0.5, 0.6) is 0 Å².